The van der Waals surface area contributed by atoms with Gasteiger partial charge in [0.05, 0.1) is 62.1 Å². The molecule has 0 radical (unpaired) electrons. The molecule has 0 saturated heterocycles. The van der Waals surface area contributed by atoms with Crippen LogP contribution < -0.4 is 30.6 Å². The molecule has 1 heterocycles. The minimum atomic E-state index is -4.96. The molecular weight excluding hydrogens is 981 g/mol. The second-order valence-electron chi connectivity index (χ2n) is 19.0. The van der Waals surface area contributed by atoms with Crippen LogP contribution in [0.4, 0.5) is 16.2 Å². The molecule has 0 aliphatic rings. The average Bonchev–Trinajstić information content (AvgIpc) is 3.80. The SMILES string of the molecule is COc1ccc(CN(Cc2ccc(OC)cc2)S(=O)(=O)c2c(S(=O)(=O)CC[Si](C)(C)C)ccc(-c3cccc(NC(=O)C(CO)NC(=O)OC(C)(C)C)c3N)c2-c2nnn(Cc3ccc(OC)cc3)n2)cc1. The van der Waals surface area contributed by atoms with E-state index >= 15 is 8.42 Å². The molecule has 0 aliphatic carbocycles. The highest BCUT2D eigenvalue weighted by Crippen LogP contribution is 2.44. The van der Waals surface area contributed by atoms with Crippen molar-refractivity contribution in [3.05, 3.63) is 120 Å². The Morgan fingerprint density at radius 1 is 0.778 bits per heavy atom. The first kappa shape index (κ1) is 54.5. The van der Waals surface area contributed by atoms with Gasteiger partial charge >= 0.3 is 6.09 Å². The van der Waals surface area contributed by atoms with Gasteiger partial charge < -0.3 is 40.4 Å². The van der Waals surface area contributed by atoms with Gasteiger partial charge in [0.15, 0.2) is 9.84 Å². The van der Waals surface area contributed by atoms with Gasteiger partial charge in [-0.15, -0.1) is 10.2 Å². The van der Waals surface area contributed by atoms with Crippen LogP contribution in [0.15, 0.2) is 113 Å². The molecule has 1 aromatic heterocycles. The van der Waals surface area contributed by atoms with Crippen LogP contribution in [-0.2, 0) is 49.0 Å². The van der Waals surface area contributed by atoms with E-state index in [1.807, 2.05) is 19.6 Å². The van der Waals surface area contributed by atoms with Gasteiger partial charge in [-0.05, 0) is 103 Å². The highest BCUT2D eigenvalue weighted by atomic mass is 32.2. The lowest BCUT2D eigenvalue weighted by Crippen LogP contribution is -2.47. The highest BCUT2D eigenvalue weighted by molar-refractivity contribution is 7.93. The summed E-state index contributed by atoms with van der Waals surface area (Å²) in [7, 11) is -6.84. The lowest BCUT2D eigenvalue weighted by atomic mass is 9.97. The molecule has 0 fully saturated rings. The number of amides is 2. The molecule has 19 nitrogen and oxygen atoms in total. The number of benzene rings is 5. The summed E-state index contributed by atoms with van der Waals surface area (Å²) < 4.78 is 84.7. The zero-order valence-electron chi connectivity index (χ0n) is 41.8. The van der Waals surface area contributed by atoms with E-state index in [0.29, 0.717) is 34.4 Å². The lowest BCUT2D eigenvalue weighted by molar-refractivity contribution is -0.119. The normalized spacial score (nSPS) is 12.5. The molecule has 384 valence electrons. The van der Waals surface area contributed by atoms with Gasteiger partial charge in [0, 0.05) is 26.7 Å². The molecule has 6 aromatic rings. The fraction of sp³-hybridized carbons (Fsp3) is 0.340. The number of nitrogens with two attached hydrogens (primary N) is 1. The number of aliphatic hydroxyl groups is 1. The number of anilines is 2. The minimum Gasteiger partial charge on any atom is -0.497 e. The van der Waals surface area contributed by atoms with Crippen molar-refractivity contribution < 1.29 is 50.5 Å². The number of sulfone groups is 1. The summed E-state index contributed by atoms with van der Waals surface area (Å²) >= 11 is 0. The number of rotatable bonds is 21. The number of hydrogen-bond donors (Lipinski definition) is 4. The van der Waals surface area contributed by atoms with Crippen LogP contribution in [-0.4, -0.2) is 112 Å². The molecular formula is C50H62N8O11S2Si. The van der Waals surface area contributed by atoms with Crippen molar-refractivity contribution in [1.29, 1.82) is 0 Å². The molecule has 72 heavy (non-hydrogen) atoms. The Kier molecular flexibility index (Phi) is 17.2. The van der Waals surface area contributed by atoms with E-state index in [4.69, 9.17) is 29.8 Å². The molecule has 6 rings (SSSR count). The van der Waals surface area contributed by atoms with Gasteiger partial charge in [0.2, 0.25) is 21.8 Å². The van der Waals surface area contributed by atoms with E-state index in [1.54, 1.807) is 113 Å². The van der Waals surface area contributed by atoms with Crippen LogP contribution in [0.2, 0.25) is 25.7 Å². The third kappa shape index (κ3) is 13.8. The maximum atomic E-state index is 16.1. The lowest BCUT2D eigenvalue weighted by Gasteiger charge is -2.27. The number of nitrogen functional groups attached to an aromatic ring is 1. The quantitative estimate of drug-likeness (QED) is 0.0418. The fourth-order valence-electron chi connectivity index (χ4n) is 7.36. The second kappa shape index (κ2) is 22.7. The molecule has 2 amide bonds. The van der Waals surface area contributed by atoms with E-state index in [2.05, 4.69) is 20.9 Å². The van der Waals surface area contributed by atoms with Crippen LogP contribution in [0.5, 0.6) is 17.2 Å². The number of hydrogen-bond acceptors (Lipinski definition) is 15. The Bertz CT molecular complexity index is 3040. The first-order valence-corrected chi connectivity index (χ1v) is 29.6. The first-order valence-electron chi connectivity index (χ1n) is 22.8. The summed E-state index contributed by atoms with van der Waals surface area (Å²) in [6.45, 7) is 9.84. The third-order valence-electron chi connectivity index (χ3n) is 11.2. The number of sulfonamides is 1. The number of nitrogens with one attached hydrogen (secondary N) is 2. The first-order chi connectivity index (χ1) is 33.9. The number of methoxy groups -OCH3 is 3. The zero-order chi connectivity index (χ0) is 52.6. The number of tetrazole rings is 1. The van der Waals surface area contributed by atoms with Crippen LogP contribution in [0.25, 0.3) is 22.5 Å². The van der Waals surface area contributed by atoms with Gasteiger partial charge in [0.25, 0.3) is 0 Å². The molecule has 1 unspecified atom stereocenters. The van der Waals surface area contributed by atoms with Gasteiger partial charge in [-0.3, -0.25) is 4.79 Å². The number of alkyl carbamates (subject to hydrolysis) is 1. The van der Waals surface area contributed by atoms with Gasteiger partial charge in [-0.2, -0.15) is 9.10 Å². The van der Waals surface area contributed by atoms with Crippen LogP contribution in [0, 0.1) is 0 Å². The minimum absolute atomic E-state index is 0.0147. The molecule has 0 saturated carbocycles. The number of para-hydroxylation sites is 1. The predicted molar refractivity (Wildman–Crippen MR) is 277 cm³/mol. The Hall–Kier alpha value is -6.85. The van der Waals surface area contributed by atoms with Crippen molar-refractivity contribution in [1.82, 2.24) is 29.8 Å². The molecule has 0 aliphatic heterocycles. The number of aliphatic hydroxyl groups excluding tert-OH is 1. The highest BCUT2D eigenvalue weighted by Gasteiger charge is 2.39. The smallest absolute Gasteiger partial charge is 0.408 e. The Morgan fingerprint density at radius 2 is 1.32 bits per heavy atom. The number of ether oxygens (including phenoxy) is 4. The van der Waals surface area contributed by atoms with Crippen molar-refractivity contribution in [2.75, 3.05) is 44.7 Å². The summed E-state index contributed by atoms with van der Waals surface area (Å²) in [6.07, 6.45) is -0.947. The van der Waals surface area contributed by atoms with E-state index in [1.165, 1.54) is 41.5 Å². The van der Waals surface area contributed by atoms with Crippen molar-refractivity contribution in [2.24, 2.45) is 0 Å². The number of nitrogens with zero attached hydrogens (tertiary/aromatic N) is 5. The third-order valence-corrected chi connectivity index (χ3v) is 17.1. The van der Waals surface area contributed by atoms with Gasteiger partial charge in [-0.1, -0.05) is 74.2 Å². The monoisotopic (exact) mass is 1040 g/mol. The Labute approximate surface area is 421 Å². The summed E-state index contributed by atoms with van der Waals surface area (Å²) in [6, 6.07) is 26.9. The Balaban J connectivity index is 1.62. The molecule has 1 atom stereocenters. The molecule has 5 aromatic carbocycles. The van der Waals surface area contributed by atoms with E-state index in [-0.39, 0.29) is 59.3 Å². The maximum absolute atomic E-state index is 16.1. The van der Waals surface area contributed by atoms with Crippen molar-refractivity contribution >= 4 is 51.3 Å². The molecule has 0 spiro atoms. The topological polar surface area (TPSA) is 256 Å². The van der Waals surface area contributed by atoms with Crippen molar-refractivity contribution in [3.8, 4) is 39.8 Å². The number of aromatic nitrogens is 4. The van der Waals surface area contributed by atoms with Gasteiger partial charge in [0.1, 0.15) is 33.8 Å². The van der Waals surface area contributed by atoms with Gasteiger partial charge in [-0.25, -0.2) is 21.6 Å². The van der Waals surface area contributed by atoms with E-state index in [0.717, 1.165) is 5.56 Å². The van der Waals surface area contributed by atoms with E-state index in [9.17, 15) is 23.1 Å². The predicted octanol–water partition coefficient (Wildman–Crippen LogP) is 6.99. The average molecular weight is 1040 g/mol. The molecule has 5 N–H and O–H groups in total. The van der Waals surface area contributed by atoms with E-state index < -0.39 is 68.0 Å². The Morgan fingerprint density at radius 3 is 1.82 bits per heavy atom. The molecule has 0 bridgehead atoms. The van der Waals surface area contributed by atoms with Crippen molar-refractivity contribution in [3.63, 3.8) is 0 Å². The summed E-state index contributed by atoms with van der Waals surface area (Å²) in [5, 5.41) is 28.6. The van der Waals surface area contributed by atoms with Crippen LogP contribution in [0.3, 0.4) is 0 Å². The largest absolute Gasteiger partial charge is 0.497 e. The number of carbonyl (C=O) groups excluding carboxylic acids is 2. The second-order valence-corrected chi connectivity index (χ2v) is 28.6. The van der Waals surface area contributed by atoms with Crippen LogP contribution in [0.1, 0.15) is 37.5 Å². The standard InChI is InChI=1S/C50H62N8O11S2Si/c1-50(2,3)69-49(61)53-42(32-59)48(60)52-41-12-10-11-40(45(41)51)39-25-26-43(70(62,63)27-28-72(7,8)9)46(44(39)47-54-56-58(55-47)31-35-17-23-38(68-6)24-18-35)71(64,65)57(29-33-13-19-36(66-4)20-14-33)30-34-15-21-37(67-5)22-16-34/h10-26,42,59H,27-32,51H2,1-9H3,(H,52,60)(H,53,61). The summed E-state index contributed by atoms with van der Waals surface area (Å²) in [5.74, 6) is 0.249. The summed E-state index contributed by atoms with van der Waals surface area (Å²) in [4.78, 5) is 26.4. The zero-order valence-corrected chi connectivity index (χ0v) is 44.4. The maximum Gasteiger partial charge on any atom is 0.408 e. The summed E-state index contributed by atoms with van der Waals surface area (Å²) in [5.41, 5.74) is 7.80. The van der Waals surface area contributed by atoms with Crippen LogP contribution >= 0.6 is 0 Å². The van der Waals surface area contributed by atoms with Crippen molar-refractivity contribution in [2.45, 2.75) is 87.5 Å². The fourth-order valence-corrected chi connectivity index (χ4v) is 14.1. The molecule has 22 heteroatoms. The number of carbonyl (C=O) groups is 2.